The van der Waals surface area contributed by atoms with Crippen molar-refractivity contribution in [2.24, 2.45) is 11.7 Å². The molecule has 1 amide bonds. The van der Waals surface area contributed by atoms with E-state index in [4.69, 9.17) is 10.5 Å². The van der Waals surface area contributed by atoms with Crippen molar-refractivity contribution in [2.45, 2.75) is 19.0 Å². The topological polar surface area (TPSA) is 94.2 Å². The number of aromatic nitrogens is 2. The molecule has 126 valence electrons. The molecule has 4 rings (SSSR count). The summed E-state index contributed by atoms with van der Waals surface area (Å²) in [7, 11) is 0. The Balaban J connectivity index is 1.34. The summed E-state index contributed by atoms with van der Waals surface area (Å²) in [6, 6.07) is 8.51. The first-order chi connectivity index (χ1) is 11.7. The third-order valence-corrected chi connectivity index (χ3v) is 4.67. The fourth-order valence-electron chi connectivity index (χ4n) is 3.37. The van der Waals surface area contributed by atoms with Crippen molar-refractivity contribution in [3.05, 3.63) is 41.6 Å². The molecule has 2 aliphatic heterocycles. The highest BCUT2D eigenvalue weighted by molar-refractivity contribution is 5.97. The molecule has 0 unspecified atom stereocenters. The van der Waals surface area contributed by atoms with Gasteiger partial charge in [-0.3, -0.25) is 4.79 Å². The lowest BCUT2D eigenvalue weighted by Crippen LogP contribution is -2.44. The van der Waals surface area contributed by atoms with Gasteiger partial charge in [0.1, 0.15) is 23.7 Å². The highest BCUT2D eigenvalue weighted by Gasteiger charge is 2.25. The van der Waals surface area contributed by atoms with Gasteiger partial charge < -0.3 is 21.1 Å². The van der Waals surface area contributed by atoms with Crippen LogP contribution in [0.3, 0.4) is 0 Å². The number of para-hydroxylation sites is 1. The molecule has 1 aromatic heterocycles. The van der Waals surface area contributed by atoms with Crippen molar-refractivity contribution < 1.29 is 9.53 Å². The molecule has 1 aromatic carbocycles. The maximum absolute atomic E-state index is 11.4. The van der Waals surface area contributed by atoms with E-state index >= 15 is 0 Å². The van der Waals surface area contributed by atoms with E-state index < -0.39 is 5.91 Å². The predicted molar refractivity (Wildman–Crippen MR) is 90.2 cm³/mol. The standard InChI is InChI=1S/C17H21N5O2/c18-16(23)14-8-21-22-9-11(7-20-17(14)22)6-19-13-5-12-3-1-2-4-15(12)24-10-13/h1-4,8,11,13,19-20H,5-7,9-10H2,(H2,18,23)/t11-,13-/m0/s1. The van der Waals surface area contributed by atoms with Crippen LogP contribution in [0.25, 0.3) is 0 Å². The number of amides is 1. The first kappa shape index (κ1) is 15.0. The number of hydrogen-bond acceptors (Lipinski definition) is 5. The molecule has 0 spiro atoms. The van der Waals surface area contributed by atoms with Gasteiger partial charge in [0.25, 0.3) is 5.91 Å². The van der Waals surface area contributed by atoms with Crippen molar-refractivity contribution in [2.75, 3.05) is 25.0 Å². The van der Waals surface area contributed by atoms with Gasteiger partial charge in [0.05, 0.1) is 6.20 Å². The van der Waals surface area contributed by atoms with E-state index in [9.17, 15) is 4.79 Å². The summed E-state index contributed by atoms with van der Waals surface area (Å²) < 4.78 is 7.64. The monoisotopic (exact) mass is 327 g/mol. The lowest BCUT2D eigenvalue weighted by atomic mass is 10.0. The first-order valence-corrected chi connectivity index (χ1v) is 8.24. The Morgan fingerprint density at radius 1 is 1.46 bits per heavy atom. The number of nitrogens with zero attached hydrogens (tertiary/aromatic N) is 2. The summed E-state index contributed by atoms with van der Waals surface area (Å²) in [4.78, 5) is 11.4. The van der Waals surface area contributed by atoms with Gasteiger partial charge in [0.15, 0.2) is 0 Å². The first-order valence-electron chi connectivity index (χ1n) is 8.24. The minimum atomic E-state index is -0.446. The molecule has 7 nitrogen and oxygen atoms in total. The summed E-state index contributed by atoms with van der Waals surface area (Å²) in [6.07, 6.45) is 2.52. The minimum Gasteiger partial charge on any atom is -0.492 e. The Kier molecular flexibility index (Phi) is 3.86. The molecule has 0 radical (unpaired) electrons. The molecular weight excluding hydrogens is 306 g/mol. The van der Waals surface area contributed by atoms with Crippen LogP contribution >= 0.6 is 0 Å². The van der Waals surface area contributed by atoms with Crippen LogP contribution in [0, 0.1) is 5.92 Å². The number of rotatable bonds is 4. The van der Waals surface area contributed by atoms with E-state index in [1.54, 1.807) is 0 Å². The molecule has 0 saturated carbocycles. The van der Waals surface area contributed by atoms with Crippen LogP contribution in [0.2, 0.25) is 0 Å². The van der Waals surface area contributed by atoms with E-state index in [0.29, 0.717) is 24.1 Å². The van der Waals surface area contributed by atoms with E-state index in [1.807, 2.05) is 22.9 Å². The van der Waals surface area contributed by atoms with Crippen molar-refractivity contribution in [1.82, 2.24) is 15.1 Å². The average Bonchev–Trinajstić information content (AvgIpc) is 3.03. The quantitative estimate of drug-likeness (QED) is 0.765. The second kappa shape index (κ2) is 6.16. The molecule has 0 bridgehead atoms. The molecule has 3 heterocycles. The van der Waals surface area contributed by atoms with Crippen LogP contribution in [-0.2, 0) is 13.0 Å². The molecule has 0 saturated heterocycles. The average molecular weight is 327 g/mol. The highest BCUT2D eigenvalue weighted by atomic mass is 16.5. The molecule has 7 heteroatoms. The second-order valence-corrected chi connectivity index (χ2v) is 6.43. The Labute approximate surface area is 140 Å². The number of nitrogens with two attached hydrogens (primary N) is 1. The van der Waals surface area contributed by atoms with E-state index in [0.717, 1.165) is 37.6 Å². The van der Waals surface area contributed by atoms with Crippen LogP contribution in [0.15, 0.2) is 30.5 Å². The maximum Gasteiger partial charge on any atom is 0.254 e. The zero-order valence-corrected chi connectivity index (χ0v) is 13.4. The number of hydrogen-bond donors (Lipinski definition) is 3. The maximum atomic E-state index is 11.4. The third-order valence-electron chi connectivity index (χ3n) is 4.67. The zero-order chi connectivity index (χ0) is 16.5. The second-order valence-electron chi connectivity index (χ2n) is 6.43. The number of primary amides is 1. The molecule has 0 fully saturated rings. The van der Waals surface area contributed by atoms with E-state index in [-0.39, 0.29) is 0 Å². The van der Waals surface area contributed by atoms with Crippen molar-refractivity contribution >= 4 is 11.7 Å². The fraction of sp³-hybridized carbons (Fsp3) is 0.412. The Morgan fingerprint density at radius 2 is 2.33 bits per heavy atom. The number of nitrogens with one attached hydrogen (secondary N) is 2. The van der Waals surface area contributed by atoms with E-state index in [1.165, 1.54) is 11.8 Å². The number of benzene rings is 1. The third kappa shape index (κ3) is 2.82. The smallest absolute Gasteiger partial charge is 0.254 e. The summed E-state index contributed by atoms with van der Waals surface area (Å²) in [5.41, 5.74) is 7.06. The summed E-state index contributed by atoms with van der Waals surface area (Å²) in [5.74, 6) is 1.68. The van der Waals surface area contributed by atoms with Crippen LogP contribution in [-0.4, -0.2) is 41.4 Å². The molecule has 24 heavy (non-hydrogen) atoms. The summed E-state index contributed by atoms with van der Waals surface area (Å²) in [6.45, 7) is 3.13. The Hall–Kier alpha value is -2.54. The molecule has 4 N–H and O–H groups in total. The number of carbonyl (C=O) groups excluding carboxylic acids is 1. The molecule has 2 aromatic rings. The summed E-state index contributed by atoms with van der Waals surface area (Å²) in [5, 5.41) is 11.1. The predicted octanol–water partition coefficient (Wildman–Crippen LogP) is 0.617. The van der Waals surface area contributed by atoms with Crippen molar-refractivity contribution in [1.29, 1.82) is 0 Å². The summed E-state index contributed by atoms with van der Waals surface area (Å²) >= 11 is 0. The number of carbonyl (C=O) groups is 1. The van der Waals surface area contributed by atoms with Crippen LogP contribution < -0.4 is 21.1 Å². The van der Waals surface area contributed by atoms with Crippen molar-refractivity contribution in [3.8, 4) is 5.75 Å². The molecule has 2 atom stereocenters. The number of ether oxygens (including phenoxy) is 1. The Bertz CT molecular complexity index is 757. The number of anilines is 1. The normalized spacial score (nSPS) is 22.0. The van der Waals surface area contributed by atoms with Gasteiger partial charge in [-0.05, 0) is 18.1 Å². The SMILES string of the molecule is NC(=O)c1cnn2c1NC[C@H](CN[C@@H]1COc3ccccc3C1)C2. The zero-order valence-electron chi connectivity index (χ0n) is 13.4. The van der Waals surface area contributed by atoms with Crippen molar-refractivity contribution in [3.63, 3.8) is 0 Å². The van der Waals surface area contributed by atoms with Gasteiger partial charge in [-0.2, -0.15) is 5.10 Å². The minimum absolute atomic E-state index is 0.320. The van der Waals surface area contributed by atoms with Crippen LogP contribution in [0.4, 0.5) is 5.82 Å². The Morgan fingerprint density at radius 3 is 3.21 bits per heavy atom. The molecule has 2 aliphatic rings. The van der Waals surface area contributed by atoms with Gasteiger partial charge in [-0.1, -0.05) is 18.2 Å². The van der Waals surface area contributed by atoms with Gasteiger partial charge in [-0.15, -0.1) is 0 Å². The van der Waals surface area contributed by atoms with E-state index in [2.05, 4.69) is 21.8 Å². The number of fused-ring (bicyclic) bond motifs is 2. The lowest BCUT2D eigenvalue weighted by molar-refractivity contribution is 0.100. The lowest BCUT2D eigenvalue weighted by Gasteiger charge is -2.30. The van der Waals surface area contributed by atoms with Gasteiger partial charge in [0, 0.05) is 31.6 Å². The van der Waals surface area contributed by atoms with Gasteiger partial charge >= 0.3 is 0 Å². The van der Waals surface area contributed by atoms with Crippen LogP contribution in [0.5, 0.6) is 5.75 Å². The van der Waals surface area contributed by atoms with Gasteiger partial charge in [0.2, 0.25) is 0 Å². The van der Waals surface area contributed by atoms with Crippen LogP contribution in [0.1, 0.15) is 15.9 Å². The highest BCUT2D eigenvalue weighted by Crippen LogP contribution is 2.24. The largest absolute Gasteiger partial charge is 0.492 e. The fourth-order valence-corrected chi connectivity index (χ4v) is 3.37. The van der Waals surface area contributed by atoms with Gasteiger partial charge in [-0.25, -0.2) is 4.68 Å². The molecule has 0 aliphatic carbocycles. The molecular formula is C17H21N5O2.